The van der Waals surface area contributed by atoms with Crippen LogP contribution in [-0.4, -0.2) is 25.3 Å². The van der Waals surface area contributed by atoms with Crippen molar-refractivity contribution in [1.29, 1.82) is 0 Å². The number of carbonyl (C=O) groups excluding carboxylic acids is 1. The lowest BCUT2D eigenvalue weighted by Gasteiger charge is -2.13. The second kappa shape index (κ2) is 11.0. The lowest BCUT2D eigenvalue weighted by molar-refractivity contribution is -0.118. The van der Waals surface area contributed by atoms with Crippen LogP contribution in [0.4, 0.5) is 11.4 Å². The molecule has 3 rings (SSSR count). The van der Waals surface area contributed by atoms with Gasteiger partial charge >= 0.3 is 0 Å². The molecule has 1 N–H and O–H groups in total. The molecule has 0 aliphatic rings. The molecule has 0 aliphatic carbocycles. The third-order valence-corrected chi connectivity index (χ3v) is 5.25. The summed E-state index contributed by atoms with van der Waals surface area (Å²) in [7, 11) is 0. The lowest BCUT2D eigenvalue weighted by Crippen LogP contribution is -2.20. The molecule has 0 unspecified atom stereocenters. The van der Waals surface area contributed by atoms with Gasteiger partial charge in [0.25, 0.3) is 5.91 Å². The Morgan fingerprint density at radius 2 is 1.75 bits per heavy atom. The quantitative estimate of drug-likeness (QED) is 0.369. The first-order valence-corrected chi connectivity index (χ1v) is 10.9. The largest absolute Gasteiger partial charge is 0.490 e. The zero-order valence-electron chi connectivity index (χ0n) is 18.1. The van der Waals surface area contributed by atoms with Crippen molar-refractivity contribution in [1.82, 2.24) is 0 Å². The molecule has 0 fully saturated rings. The number of amides is 1. The van der Waals surface area contributed by atoms with E-state index >= 15 is 0 Å². The first-order valence-electron chi connectivity index (χ1n) is 10.1. The number of anilines is 1. The van der Waals surface area contributed by atoms with E-state index in [-0.39, 0.29) is 12.5 Å². The van der Waals surface area contributed by atoms with E-state index in [4.69, 9.17) is 32.7 Å². The van der Waals surface area contributed by atoms with Crippen molar-refractivity contribution in [3.8, 4) is 11.5 Å². The van der Waals surface area contributed by atoms with Crippen molar-refractivity contribution in [2.45, 2.75) is 20.8 Å². The molecule has 32 heavy (non-hydrogen) atoms. The third kappa shape index (κ3) is 6.49. The number of aliphatic imine (C=N–C) groups is 1. The predicted octanol–water partition coefficient (Wildman–Crippen LogP) is 6.78. The molecule has 3 aromatic rings. The smallest absolute Gasteiger partial charge is 0.262 e. The number of ether oxygens (including phenoxy) is 2. The highest BCUT2D eigenvalue weighted by molar-refractivity contribution is 6.31. The van der Waals surface area contributed by atoms with Gasteiger partial charge in [0, 0.05) is 21.9 Å². The second-order valence-corrected chi connectivity index (χ2v) is 7.97. The van der Waals surface area contributed by atoms with E-state index < -0.39 is 0 Å². The fourth-order valence-corrected chi connectivity index (χ4v) is 3.22. The molecule has 0 radical (unpaired) electrons. The van der Waals surface area contributed by atoms with Crippen LogP contribution >= 0.6 is 23.2 Å². The maximum atomic E-state index is 12.3. The Balaban J connectivity index is 1.68. The van der Waals surface area contributed by atoms with E-state index in [1.807, 2.05) is 57.2 Å². The zero-order valence-corrected chi connectivity index (χ0v) is 19.6. The van der Waals surface area contributed by atoms with E-state index in [9.17, 15) is 4.79 Å². The second-order valence-electron chi connectivity index (χ2n) is 7.13. The van der Waals surface area contributed by atoms with Gasteiger partial charge in [-0.3, -0.25) is 9.79 Å². The number of hydrogen-bond acceptors (Lipinski definition) is 4. The van der Waals surface area contributed by atoms with Crippen LogP contribution in [0.15, 0.2) is 59.6 Å². The van der Waals surface area contributed by atoms with Crippen molar-refractivity contribution in [3.05, 3.63) is 81.3 Å². The summed E-state index contributed by atoms with van der Waals surface area (Å²) in [5.41, 5.74) is 4.21. The molecular formula is C25H24Cl2N2O3. The SMILES string of the molecule is CCOc1cc(C=Nc2cc(Cl)ccc2C)ccc1OCC(=O)Nc1ccc(C)c(Cl)c1. The first-order chi connectivity index (χ1) is 15.4. The molecule has 0 spiro atoms. The summed E-state index contributed by atoms with van der Waals surface area (Å²) in [6.07, 6.45) is 1.73. The molecule has 0 aromatic heterocycles. The molecule has 166 valence electrons. The maximum Gasteiger partial charge on any atom is 0.262 e. The summed E-state index contributed by atoms with van der Waals surface area (Å²) < 4.78 is 11.4. The monoisotopic (exact) mass is 470 g/mol. The van der Waals surface area contributed by atoms with E-state index in [0.29, 0.717) is 33.8 Å². The minimum absolute atomic E-state index is 0.166. The van der Waals surface area contributed by atoms with Gasteiger partial charge in [0.15, 0.2) is 18.1 Å². The summed E-state index contributed by atoms with van der Waals surface area (Å²) in [4.78, 5) is 16.8. The van der Waals surface area contributed by atoms with Crippen LogP contribution in [0, 0.1) is 13.8 Å². The average molecular weight is 471 g/mol. The highest BCUT2D eigenvalue weighted by Crippen LogP contribution is 2.29. The van der Waals surface area contributed by atoms with Gasteiger partial charge in [-0.2, -0.15) is 0 Å². The summed E-state index contributed by atoms with van der Waals surface area (Å²) >= 11 is 12.2. The van der Waals surface area contributed by atoms with Gasteiger partial charge < -0.3 is 14.8 Å². The summed E-state index contributed by atoms with van der Waals surface area (Å²) in [6, 6.07) is 16.3. The van der Waals surface area contributed by atoms with Crippen LogP contribution in [0.3, 0.4) is 0 Å². The molecule has 7 heteroatoms. The zero-order chi connectivity index (χ0) is 23.1. The van der Waals surface area contributed by atoms with Crippen LogP contribution < -0.4 is 14.8 Å². The highest BCUT2D eigenvalue weighted by Gasteiger charge is 2.10. The molecule has 0 heterocycles. The number of nitrogens with zero attached hydrogens (tertiary/aromatic N) is 1. The summed E-state index contributed by atoms with van der Waals surface area (Å²) in [6.45, 7) is 6.05. The Bertz CT molecular complexity index is 1150. The summed E-state index contributed by atoms with van der Waals surface area (Å²) in [5.74, 6) is 0.708. The minimum Gasteiger partial charge on any atom is -0.490 e. The average Bonchev–Trinajstić information content (AvgIpc) is 2.76. The topological polar surface area (TPSA) is 59.9 Å². The molecule has 3 aromatic carbocycles. The standard InChI is InChI=1S/C25H24Cl2N2O3/c1-4-31-24-11-18(14-28-22-12-19(26)8-5-17(22)3)7-10-23(24)32-15-25(30)29-20-9-6-16(2)21(27)13-20/h5-14H,4,15H2,1-3H3,(H,29,30). The van der Waals surface area contributed by atoms with Crippen LogP contribution in [0.5, 0.6) is 11.5 Å². The van der Waals surface area contributed by atoms with E-state index in [1.165, 1.54) is 0 Å². The van der Waals surface area contributed by atoms with Gasteiger partial charge in [0.1, 0.15) is 0 Å². The van der Waals surface area contributed by atoms with Gasteiger partial charge in [-0.15, -0.1) is 0 Å². The first kappa shape index (κ1) is 23.6. The molecule has 0 aliphatic heterocycles. The molecule has 1 amide bonds. The minimum atomic E-state index is -0.297. The van der Waals surface area contributed by atoms with Gasteiger partial charge in [-0.25, -0.2) is 0 Å². The lowest BCUT2D eigenvalue weighted by atomic mass is 10.2. The molecular weight excluding hydrogens is 447 g/mol. The highest BCUT2D eigenvalue weighted by atomic mass is 35.5. The third-order valence-electron chi connectivity index (χ3n) is 4.61. The van der Waals surface area contributed by atoms with Crippen molar-refractivity contribution >= 4 is 46.7 Å². The number of hydrogen-bond donors (Lipinski definition) is 1. The molecule has 5 nitrogen and oxygen atoms in total. The fourth-order valence-electron chi connectivity index (χ4n) is 2.87. The van der Waals surface area contributed by atoms with E-state index in [1.54, 1.807) is 24.4 Å². The number of rotatable bonds is 8. The van der Waals surface area contributed by atoms with Crippen LogP contribution in [0.1, 0.15) is 23.6 Å². The van der Waals surface area contributed by atoms with Crippen LogP contribution in [-0.2, 0) is 4.79 Å². The Hall–Kier alpha value is -3.02. The molecule has 0 saturated carbocycles. The number of benzene rings is 3. The Labute approximate surface area is 198 Å². The van der Waals surface area contributed by atoms with Gasteiger partial charge in [0.05, 0.1) is 12.3 Å². The van der Waals surface area contributed by atoms with E-state index in [2.05, 4.69) is 10.3 Å². The van der Waals surface area contributed by atoms with Crippen molar-refractivity contribution in [2.24, 2.45) is 4.99 Å². The Kier molecular flexibility index (Phi) is 8.14. The number of halogens is 2. The Morgan fingerprint density at radius 1 is 0.969 bits per heavy atom. The number of nitrogens with one attached hydrogen (secondary N) is 1. The normalized spacial score (nSPS) is 10.9. The van der Waals surface area contributed by atoms with Gasteiger partial charge in [-0.1, -0.05) is 35.3 Å². The molecule has 0 saturated heterocycles. The Morgan fingerprint density at radius 3 is 2.50 bits per heavy atom. The number of aryl methyl sites for hydroxylation is 2. The maximum absolute atomic E-state index is 12.3. The van der Waals surface area contributed by atoms with E-state index in [0.717, 1.165) is 22.4 Å². The summed E-state index contributed by atoms with van der Waals surface area (Å²) in [5, 5.41) is 3.99. The van der Waals surface area contributed by atoms with Crippen molar-refractivity contribution in [3.63, 3.8) is 0 Å². The number of carbonyl (C=O) groups is 1. The van der Waals surface area contributed by atoms with Crippen LogP contribution in [0.2, 0.25) is 10.0 Å². The fraction of sp³-hybridized carbons (Fsp3) is 0.200. The van der Waals surface area contributed by atoms with Crippen LogP contribution in [0.25, 0.3) is 0 Å². The van der Waals surface area contributed by atoms with Gasteiger partial charge in [0.2, 0.25) is 0 Å². The predicted molar refractivity (Wildman–Crippen MR) is 131 cm³/mol. The van der Waals surface area contributed by atoms with Gasteiger partial charge in [-0.05, 0) is 79.9 Å². The molecule has 0 bridgehead atoms. The van der Waals surface area contributed by atoms with Crippen molar-refractivity contribution < 1.29 is 14.3 Å². The molecule has 0 atom stereocenters. The van der Waals surface area contributed by atoms with Crippen molar-refractivity contribution in [2.75, 3.05) is 18.5 Å².